The van der Waals surface area contributed by atoms with Gasteiger partial charge in [0.25, 0.3) is 5.91 Å². The second-order valence-corrected chi connectivity index (χ2v) is 8.57. The van der Waals surface area contributed by atoms with Crippen molar-refractivity contribution in [2.24, 2.45) is 11.3 Å². The van der Waals surface area contributed by atoms with Crippen LogP contribution in [-0.2, 0) is 22.4 Å². The van der Waals surface area contributed by atoms with Gasteiger partial charge in [-0.2, -0.15) is 0 Å². The zero-order chi connectivity index (χ0) is 18.6. The van der Waals surface area contributed by atoms with Crippen LogP contribution in [0.2, 0.25) is 0 Å². The van der Waals surface area contributed by atoms with Crippen molar-refractivity contribution in [1.29, 1.82) is 0 Å². The van der Waals surface area contributed by atoms with Crippen LogP contribution in [0.15, 0.2) is 5.38 Å². The molecule has 0 unspecified atom stereocenters. The zero-order valence-corrected chi connectivity index (χ0v) is 15.8. The Morgan fingerprint density at radius 1 is 1.24 bits per heavy atom. The number of carboxylic acids is 1. The van der Waals surface area contributed by atoms with Crippen molar-refractivity contribution < 1.29 is 19.5 Å². The van der Waals surface area contributed by atoms with Crippen LogP contribution in [0, 0.1) is 11.3 Å². The molecule has 0 radical (unpaired) electrons. The SMILES string of the molecule is CC(C)(C)[C@H]1CCc2c(C(=O)NNC(=O)CCCC(=O)O)csc2C1. The molecule has 1 heterocycles. The van der Waals surface area contributed by atoms with Gasteiger partial charge in [0.05, 0.1) is 5.56 Å². The predicted molar refractivity (Wildman–Crippen MR) is 96.4 cm³/mol. The molecule has 0 aromatic carbocycles. The fourth-order valence-corrected chi connectivity index (χ4v) is 4.26. The van der Waals surface area contributed by atoms with Gasteiger partial charge >= 0.3 is 5.97 Å². The zero-order valence-electron chi connectivity index (χ0n) is 15.0. The van der Waals surface area contributed by atoms with Crippen LogP contribution in [0.3, 0.4) is 0 Å². The molecule has 1 aliphatic rings. The molecule has 0 saturated heterocycles. The van der Waals surface area contributed by atoms with Gasteiger partial charge in [-0.15, -0.1) is 11.3 Å². The Morgan fingerprint density at radius 3 is 2.60 bits per heavy atom. The molecule has 138 valence electrons. The minimum atomic E-state index is -0.935. The molecule has 0 saturated carbocycles. The van der Waals surface area contributed by atoms with E-state index < -0.39 is 5.97 Å². The van der Waals surface area contributed by atoms with Gasteiger partial charge in [0.1, 0.15) is 0 Å². The first-order valence-electron chi connectivity index (χ1n) is 8.58. The summed E-state index contributed by atoms with van der Waals surface area (Å²) < 4.78 is 0. The van der Waals surface area contributed by atoms with Gasteiger partial charge in [0.15, 0.2) is 0 Å². The maximum Gasteiger partial charge on any atom is 0.303 e. The fourth-order valence-electron chi connectivity index (χ4n) is 3.10. The highest BCUT2D eigenvalue weighted by Gasteiger charge is 2.31. The van der Waals surface area contributed by atoms with Crippen molar-refractivity contribution in [3.05, 3.63) is 21.4 Å². The highest BCUT2D eigenvalue weighted by molar-refractivity contribution is 7.10. The van der Waals surface area contributed by atoms with E-state index in [9.17, 15) is 14.4 Å². The number of carbonyl (C=O) groups is 3. The topological polar surface area (TPSA) is 95.5 Å². The molecule has 1 aromatic rings. The minimum Gasteiger partial charge on any atom is -0.481 e. The maximum atomic E-state index is 12.3. The van der Waals surface area contributed by atoms with Crippen LogP contribution in [-0.4, -0.2) is 22.9 Å². The average molecular weight is 366 g/mol. The lowest BCUT2D eigenvalue weighted by molar-refractivity contribution is -0.137. The number of carbonyl (C=O) groups excluding carboxylic acids is 2. The Morgan fingerprint density at radius 2 is 1.96 bits per heavy atom. The van der Waals surface area contributed by atoms with Crippen molar-refractivity contribution >= 4 is 29.1 Å². The van der Waals surface area contributed by atoms with Crippen molar-refractivity contribution in [3.63, 3.8) is 0 Å². The van der Waals surface area contributed by atoms with E-state index >= 15 is 0 Å². The van der Waals surface area contributed by atoms with Gasteiger partial charge in [-0.1, -0.05) is 20.8 Å². The lowest BCUT2D eigenvalue weighted by atomic mass is 9.72. The number of thiophene rings is 1. The highest BCUT2D eigenvalue weighted by atomic mass is 32.1. The summed E-state index contributed by atoms with van der Waals surface area (Å²) in [7, 11) is 0. The summed E-state index contributed by atoms with van der Waals surface area (Å²) in [6.07, 6.45) is 3.21. The van der Waals surface area contributed by atoms with Crippen molar-refractivity contribution in [2.45, 2.75) is 59.3 Å². The van der Waals surface area contributed by atoms with Gasteiger partial charge < -0.3 is 5.11 Å². The molecule has 7 heteroatoms. The molecule has 2 rings (SSSR count). The van der Waals surface area contributed by atoms with Gasteiger partial charge in [-0.3, -0.25) is 25.2 Å². The number of hydrogen-bond acceptors (Lipinski definition) is 4. The van der Waals surface area contributed by atoms with Crippen LogP contribution in [0.4, 0.5) is 0 Å². The first kappa shape index (κ1) is 19.4. The van der Waals surface area contributed by atoms with Crippen LogP contribution in [0.25, 0.3) is 0 Å². The summed E-state index contributed by atoms with van der Waals surface area (Å²) in [5.74, 6) is -1.01. The molecule has 1 aromatic heterocycles. The normalized spacial score (nSPS) is 16.8. The van der Waals surface area contributed by atoms with E-state index in [4.69, 9.17) is 5.11 Å². The summed E-state index contributed by atoms with van der Waals surface area (Å²) in [5, 5.41) is 10.4. The second kappa shape index (κ2) is 7.99. The van der Waals surface area contributed by atoms with Crippen LogP contribution >= 0.6 is 11.3 Å². The molecule has 25 heavy (non-hydrogen) atoms. The standard InChI is InChI=1S/C18H26N2O4S/c1-18(2,3)11-7-8-12-13(10-25-14(12)9-11)17(24)20-19-15(21)5-4-6-16(22)23/h10-11H,4-9H2,1-3H3,(H,19,21)(H,20,24)(H,22,23)/t11-/m0/s1. The van der Waals surface area contributed by atoms with E-state index in [0.29, 0.717) is 11.5 Å². The summed E-state index contributed by atoms with van der Waals surface area (Å²) in [5.41, 5.74) is 6.79. The Bertz CT molecular complexity index is 661. The third kappa shape index (κ3) is 5.29. The van der Waals surface area contributed by atoms with E-state index in [0.717, 1.165) is 24.8 Å². The van der Waals surface area contributed by atoms with E-state index in [2.05, 4.69) is 31.6 Å². The molecule has 2 amide bonds. The predicted octanol–water partition coefficient (Wildman–Crippen LogP) is 2.92. The van der Waals surface area contributed by atoms with Crippen molar-refractivity contribution in [3.8, 4) is 0 Å². The minimum absolute atomic E-state index is 0.0612. The second-order valence-electron chi connectivity index (χ2n) is 7.61. The molecule has 1 aliphatic carbocycles. The Labute approximate surface area is 152 Å². The van der Waals surface area contributed by atoms with E-state index in [1.54, 1.807) is 11.3 Å². The number of aliphatic carboxylic acids is 1. The average Bonchev–Trinajstić information content (AvgIpc) is 2.94. The van der Waals surface area contributed by atoms with Crippen LogP contribution in [0.5, 0.6) is 0 Å². The van der Waals surface area contributed by atoms with Crippen LogP contribution in [0.1, 0.15) is 67.3 Å². The van der Waals surface area contributed by atoms with Gasteiger partial charge in [-0.05, 0) is 42.6 Å². The fraction of sp³-hybridized carbons (Fsp3) is 0.611. The largest absolute Gasteiger partial charge is 0.481 e. The smallest absolute Gasteiger partial charge is 0.303 e. The number of carboxylic acid groups (broad SMARTS) is 1. The molecule has 6 nitrogen and oxygen atoms in total. The Kier molecular flexibility index (Phi) is 6.21. The van der Waals surface area contributed by atoms with Crippen LogP contribution < -0.4 is 10.9 Å². The number of amides is 2. The summed E-state index contributed by atoms with van der Waals surface area (Å²) in [6.45, 7) is 6.76. The quantitative estimate of drug-likeness (QED) is 0.698. The Balaban J connectivity index is 1.89. The lowest BCUT2D eigenvalue weighted by Crippen LogP contribution is -2.41. The van der Waals surface area contributed by atoms with Crippen molar-refractivity contribution in [2.75, 3.05) is 0 Å². The molecule has 0 aliphatic heterocycles. The van der Waals surface area contributed by atoms with Gasteiger partial charge in [-0.25, -0.2) is 0 Å². The molecule has 0 spiro atoms. The first-order valence-corrected chi connectivity index (χ1v) is 9.46. The Hall–Kier alpha value is -1.89. The number of fused-ring (bicyclic) bond motifs is 1. The third-order valence-electron chi connectivity index (χ3n) is 4.73. The van der Waals surface area contributed by atoms with Gasteiger partial charge in [0.2, 0.25) is 5.91 Å². The van der Waals surface area contributed by atoms with E-state index in [1.165, 1.54) is 4.88 Å². The van der Waals surface area contributed by atoms with E-state index in [-0.39, 0.29) is 36.5 Å². The molecule has 1 atom stereocenters. The maximum absolute atomic E-state index is 12.3. The molecule has 0 fully saturated rings. The first-order chi connectivity index (χ1) is 11.7. The molecular formula is C18H26N2O4S. The number of hydrogen-bond donors (Lipinski definition) is 3. The third-order valence-corrected chi connectivity index (χ3v) is 5.79. The monoisotopic (exact) mass is 366 g/mol. The lowest BCUT2D eigenvalue weighted by Gasteiger charge is -2.34. The van der Waals surface area contributed by atoms with E-state index in [1.807, 2.05) is 5.38 Å². The molecular weight excluding hydrogens is 340 g/mol. The summed E-state index contributed by atoms with van der Waals surface area (Å²) >= 11 is 1.61. The van der Waals surface area contributed by atoms with Crippen molar-refractivity contribution in [1.82, 2.24) is 10.9 Å². The number of rotatable bonds is 5. The van der Waals surface area contributed by atoms with Gasteiger partial charge in [0, 0.05) is 23.1 Å². The molecule has 0 bridgehead atoms. The summed E-state index contributed by atoms with van der Waals surface area (Å²) in [4.78, 5) is 35.6. The number of hydrazine groups is 1. The highest BCUT2D eigenvalue weighted by Crippen LogP contribution is 2.40. The number of nitrogens with one attached hydrogen (secondary N) is 2. The summed E-state index contributed by atoms with van der Waals surface area (Å²) in [6, 6.07) is 0. The molecule has 3 N–H and O–H groups in total.